The number of benzene rings is 3. The number of methoxy groups -OCH3 is 2. The maximum Gasteiger partial charge on any atom is 0.210 e. The summed E-state index contributed by atoms with van der Waals surface area (Å²) in [4.78, 5) is 4.61. The van der Waals surface area contributed by atoms with Crippen molar-refractivity contribution in [2.45, 2.75) is 16.3 Å². The van der Waals surface area contributed by atoms with Crippen molar-refractivity contribution in [2.75, 3.05) is 19.5 Å². The lowest BCUT2D eigenvalue weighted by Crippen LogP contribution is -2.10. The van der Waals surface area contributed by atoms with Crippen molar-refractivity contribution in [1.29, 1.82) is 0 Å². The fourth-order valence-corrected chi connectivity index (χ4v) is 4.93. The predicted octanol–water partition coefficient (Wildman–Crippen LogP) is 5.35. The van der Waals surface area contributed by atoms with E-state index in [1.165, 1.54) is 32.5 Å². The third-order valence-corrected chi connectivity index (χ3v) is 7.10. The van der Waals surface area contributed by atoms with Crippen LogP contribution >= 0.6 is 11.6 Å². The molecule has 0 radical (unpaired) electrons. The maximum atomic E-state index is 13.5. The molecule has 0 aliphatic heterocycles. The van der Waals surface area contributed by atoms with Gasteiger partial charge in [0.05, 0.1) is 30.3 Å². The lowest BCUT2D eigenvalue weighted by atomic mass is 10.1. The van der Waals surface area contributed by atoms with E-state index in [2.05, 4.69) is 10.3 Å². The van der Waals surface area contributed by atoms with Crippen molar-refractivity contribution >= 4 is 38.0 Å². The molecule has 0 unspecified atom stereocenters. The normalized spacial score (nSPS) is 11.3. The summed E-state index contributed by atoms with van der Waals surface area (Å²) in [6.45, 7) is 0.428. The Kier molecular flexibility index (Phi) is 6.21. The molecule has 4 aromatic rings. The molecule has 0 aliphatic carbocycles. The van der Waals surface area contributed by atoms with E-state index in [1.54, 1.807) is 24.3 Å². The molecule has 6 nitrogen and oxygen atoms in total. The fourth-order valence-electron chi connectivity index (χ4n) is 3.41. The number of halogens is 1. The van der Waals surface area contributed by atoms with E-state index >= 15 is 0 Å². The molecule has 4 rings (SSSR count). The highest BCUT2D eigenvalue weighted by Crippen LogP contribution is 2.39. The van der Waals surface area contributed by atoms with Crippen LogP contribution in [0.15, 0.2) is 82.7 Å². The number of pyridine rings is 1. The predicted molar refractivity (Wildman–Crippen MR) is 126 cm³/mol. The highest BCUT2D eigenvalue weighted by Gasteiger charge is 2.25. The van der Waals surface area contributed by atoms with Crippen molar-refractivity contribution in [2.24, 2.45) is 0 Å². The van der Waals surface area contributed by atoms with E-state index in [-0.39, 0.29) is 9.79 Å². The zero-order chi connectivity index (χ0) is 22.7. The highest BCUT2D eigenvalue weighted by molar-refractivity contribution is 7.91. The molecule has 1 heterocycles. The first-order chi connectivity index (χ1) is 15.4. The van der Waals surface area contributed by atoms with Crippen LogP contribution in [0.2, 0.25) is 5.02 Å². The van der Waals surface area contributed by atoms with Crippen LogP contribution in [-0.2, 0) is 16.4 Å². The Bertz CT molecular complexity index is 1360. The van der Waals surface area contributed by atoms with Crippen molar-refractivity contribution < 1.29 is 17.9 Å². The van der Waals surface area contributed by atoms with Crippen LogP contribution in [0, 0.1) is 0 Å². The van der Waals surface area contributed by atoms with Crippen molar-refractivity contribution in [3.63, 3.8) is 0 Å². The fraction of sp³-hybridized carbons (Fsp3) is 0.125. The van der Waals surface area contributed by atoms with Gasteiger partial charge >= 0.3 is 0 Å². The van der Waals surface area contributed by atoms with E-state index in [4.69, 9.17) is 21.1 Å². The van der Waals surface area contributed by atoms with Gasteiger partial charge in [-0.3, -0.25) is 4.98 Å². The van der Waals surface area contributed by atoms with Gasteiger partial charge in [0.25, 0.3) is 0 Å². The third-order valence-electron chi connectivity index (χ3n) is 5.06. The molecule has 3 aromatic carbocycles. The van der Waals surface area contributed by atoms with Crippen LogP contribution in [0.5, 0.6) is 11.5 Å². The molecule has 0 saturated heterocycles. The summed E-state index contributed by atoms with van der Waals surface area (Å²) in [5.74, 6) is 0.986. The van der Waals surface area contributed by atoms with Gasteiger partial charge in [-0.2, -0.15) is 0 Å². The first kappa shape index (κ1) is 21.9. The molecule has 0 spiro atoms. The molecular formula is C24H21ClN2O4S. The number of fused-ring (bicyclic) bond motifs is 1. The summed E-state index contributed by atoms with van der Waals surface area (Å²) in [5, 5.41) is 4.37. The second-order valence-corrected chi connectivity index (χ2v) is 9.37. The first-order valence-electron chi connectivity index (χ1n) is 9.77. The quantitative estimate of drug-likeness (QED) is 0.394. The maximum absolute atomic E-state index is 13.5. The zero-order valence-electron chi connectivity index (χ0n) is 17.5. The van der Waals surface area contributed by atoms with Crippen LogP contribution in [0.1, 0.15) is 5.56 Å². The van der Waals surface area contributed by atoms with E-state index in [1.807, 2.05) is 30.3 Å². The number of ether oxygens (including phenoxy) is 2. The molecule has 1 aromatic heterocycles. The van der Waals surface area contributed by atoms with Crippen molar-refractivity contribution in [1.82, 2.24) is 4.98 Å². The summed E-state index contributed by atoms with van der Waals surface area (Å²) < 4.78 is 37.9. The summed E-state index contributed by atoms with van der Waals surface area (Å²) in [6, 6.07) is 19.2. The standard InChI is InChI=1S/C24H21ClN2O4S/c1-30-21-12-19-20(13-22(21)31-2)26-15-23(24(19)27-14-16-6-4-3-5-7-16)32(28,29)18-10-8-17(25)9-11-18/h3-13,15H,14H2,1-2H3,(H,26,27). The number of nitrogens with zero attached hydrogens (tertiary/aromatic N) is 1. The van der Waals surface area contributed by atoms with Gasteiger partial charge in [-0.15, -0.1) is 0 Å². The minimum atomic E-state index is -3.87. The lowest BCUT2D eigenvalue weighted by molar-refractivity contribution is 0.356. The molecule has 32 heavy (non-hydrogen) atoms. The second kappa shape index (κ2) is 9.06. The third kappa shape index (κ3) is 4.22. The molecule has 8 heteroatoms. The SMILES string of the molecule is COc1cc2ncc(S(=O)(=O)c3ccc(Cl)cc3)c(NCc3ccccc3)c2cc1OC. The van der Waals surface area contributed by atoms with Gasteiger partial charge in [-0.25, -0.2) is 8.42 Å². The molecule has 0 bridgehead atoms. The molecule has 0 saturated carbocycles. The number of aromatic nitrogens is 1. The Hall–Kier alpha value is -3.29. The van der Waals surface area contributed by atoms with E-state index in [0.717, 1.165) is 5.56 Å². The number of nitrogens with one attached hydrogen (secondary N) is 1. The number of hydrogen-bond donors (Lipinski definition) is 1. The van der Waals surface area contributed by atoms with Crippen molar-refractivity contribution in [3.05, 3.63) is 83.5 Å². The second-order valence-electron chi connectivity index (χ2n) is 7.02. The van der Waals surface area contributed by atoms with Gasteiger partial charge in [0.1, 0.15) is 4.90 Å². The Morgan fingerprint density at radius 1 is 0.938 bits per heavy atom. The summed E-state index contributed by atoms with van der Waals surface area (Å²) in [5.41, 5.74) is 2.02. The largest absolute Gasteiger partial charge is 0.493 e. The van der Waals surface area contributed by atoms with Crippen LogP contribution in [0.4, 0.5) is 5.69 Å². The molecule has 0 aliphatic rings. The first-order valence-corrected chi connectivity index (χ1v) is 11.6. The van der Waals surface area contributed by atoms with Gasteiger partial charge in [0.2, 0.25) is 9.84 Å². The van der Waals surface area contributed by atoms with E-state index in [0.29, 0.717) is 39.7 Å². The van der Waals surface area contributed by atoms with Crippen LogP contribution in [0.3, 0.4) is 0 Å². The molecule has 0 atom stereocenters. The Labute approximate surface area is 191 Å². The number of anilines is 1. The van der Waals surface area contributed by atoms with Crippen LogP contribution in [-0.4, -0.2) is 27.6 Å². The Morgan fingerprint density at radius 3 is 2.25 bits per heavy atom. The van der Waals surface area contributed by atoms with Crippen molar-refractivity contribution in [3.8, 4) is 11.5 Å². The smallest absolute Gasteiger partial charge is 0.210 e. The molecule has 0 amide bonds. The summed E-state index contributed by atoms with van der Waals surface area (Å²) >= 11 is 5.95. The van der Waals surface area contributed by atoms with Gasteiger partial charge in [-0.1, -0.05) is 41.9 Å². The number of sulfone groups is 1. The average Bonchev–Trinajstić information content (AvgIpc) is 2.82. The summed E-state index contributed by atoms with van der Waals surface area (Å²) in [6.07, 6.45) is 1.37. The number of rotatable bonds is 7. The monoisotopic (exact) mass is 468 g/mol. The minimum absolute atomic E-state index is 0.0653. The van der Waals surface area contributed by atoms with E-state index in [9.17, 15) is 8.42 Å². The summed E-state index contributed by atoms with van der Waals surface area (Å²) in [7, 11) is -0.804. The van der Waals surface area contributed by atoms with Gasteiger partial charge in [0, 0.05) is 29.2 Å². The Balaban J connectivity index is 1.91. The van der Waals surface area contributed by atoms with Crippen LogP contribution < -0.4 is 14.8 Å². The van der Waals surface area contributed by atoms with Gasteiger partial charge in [0.15, 0.2) is 11.5 Å². The molecule has 0 fully saturated rings. The lowest BCUT2D eigenvalue weighted by Gasteiger charge is -2.17. The topological polar surface area (TPSA) is 77.5 Å². The Morgan fingerprint density at radius 2 is 1.59 bits per heavy atom. The zero-order valence-corrected chi connectivity index (χ0v) is 19.1. The molecular weight excluding hydrogens is 448 g/mol. The van der Waals surface area contributed by atoms with Gasteiger partial charge in [-0.05, 0) is 35.9 Å². The van der Waals surface area contributed by atoms with Gasteiger partial charge < -0.3 is 14.8 Å². The van der Waals surface area contributed by atoms with Crippen LogP contribution in [0.25, 0.3) is 10.9 Å². The highest BCUT2D eigenvalue weighted by atomic mass is 35.5. The molecule has 1 N–H and O–H groups in total. The van der Waals surface area contributed by atoms with E-state index < -0.39 is 9.84 Å². The minimum Gasteiger partial charge on any atom is -0.493 e. The number of hydrogen-bond acceptors (Lipinski definition) is 6. The average molecular weight is 469 g/mol. The molecule has 164 valence electrons.